The van der Waals surface area contributed by atoms with Gasteiger partial charge in [0.05, 0.1) is 30.2 Å². The molecule has 2 saturated carbocycles. The fraction of sp³-hybridized carbons (Fsp3) is 0.567. The summed E-state index contributed by atoms with van der Waals surface area (Å²) in [6.45, 7) is 9.53. The number of alkyl halides is 4. The van der Waals surface area contributed by atoms with Crippen molar-refractivity contribution < 1.29 is 27.2 Å². The SMILES string of the molecule is C=C(C)[C@@H](NC(=O)CC1CC(F)(F)C1)c1cnn2cc([C@@H](NC(=O)c3ccnn3C(C)C)C3CCC(F)(F)CC3)nc2c1. The molecular weight excluding hydrogens is 566 g/mol. The largest absolute Gasteiger partial charge is 0.345 e. The van der Waals surface area contributed by atoms with Crippen LogP contribution in [0.5, 0.6) is 0 Å². The van der Waals surface area contributed by atoms with Gasteiger partial charge >= 0.3 is 0 Å². The summed E-state index contributed by atoms with van der Waals surface area (Å²) in [5.74, 6) is -6.80. The van der Waals surface area contributed by atoms with E-state index in [1.807, 2.05) is 13.8 Å². The van der Waals surface area contributed by atoms with Crippen molar-refractivity contribution in [1.82, 2.24) is 35.0 Å². The Morgan fingerprint density at radius 1 is 1.09 bits per heavy atom. The Kier molecular flexibility index (Phi) is 8.36. The molecule has 0 radical (unpaired) electrons. The number of halogens is 4. The molecule has 3 heterocycles. The zero-order valence-electron chi connectivity index (χ0n) is 24.5. The Bertz CT molecular complexity index is 1500. The second-order valence-corrected chi connectivity index (χ2v) is 12.3. The summed E-state index contributed by atoms with van der Waals surface area (Å²) < 4.78 is 57.7. The molecule has 0 aromatic carbocycles. The molecule has 2 aliphatic carbocycles. The highest BCUT2D eigenvalue weighted by atomic mass is 19.3. The number of carbonyl (C=O) groups is 2. The van der Waals surface area contributed by atoms with E-state index in [-0.39, 0.29) is 74.6 Å². The number of hydrogen-bond donors (Lipinski definition) is 2. The standard InChI is InChI=1S/C30H37F4N7O2/c1-17(2)26(38-25(42)11-19-13-30(33,34)14-19)21-12-24-37-22(16-40(24)36-15-21)27(20-5-8-29(31,32)9-6-20)39-28(43)23-7-10-35-41(23)18(3)4/h7,10,12,15-16,18-20,26-27H,1,5-6,8-9,11,13-14H2,2-4H3,(H,38,42)(H,39,43)/t26-,27+/m1/s1. The lowest BCUT2D eigenvalue weighted by Crippen LogP contribution is -2.39. The fourth-order valence-electron chi connectivity index (χ4n) is 6.07. The first-order valence-electron chi connectivity index (χ1n) is 14.6. The third-order valence-electron chi connectivity index (χ3n) is 8.37. The number of carbonyl (C=O) groups excluding carboxylic acids is 2. The Morgan fingerprint density at radius 3 is 2.42 bits per heavy atom. The highest BCUT2D eigenvalue weighted by Gasteiger charge is 2.46. The summed E-state index contributed by atoms with van der Waals surface area (Å²) >= 11 is 0. The summed E-state index contributed by atoms with van der Waals surface area (Å²) in [5, 5.41) is 14.6. The molecule has 0 saturated heterocycles. The minimum absolute atomic E-state index is 0.0000916. The fourth-order valence-corrected chi connectivity index (χ4v) is 6.07. The van der Waals surface area contributed by atoms with Crippen molar-refractivity contribution in [2.24, 2.45) is 11.8 Å². The molecule has 9 nitrogen and oxygen atoms in total. The van der Waals surface area contributed by atoms with E-state index in [2.05, 4.69) is 27.4 Å². The average molecular weight is 604 g/mol. The van der Waals surface area contributed by atoms with Crippen LogP contribution in [0.3, 0.4) is 0 Å². The number of amides is 2. The minimum atomic E-state index is -2.74. The maximum atomic E-state index is 14.0. The number of imidazole rings is 1. The van der Waals surface area contributed by atoms with Gasteiger partial charge in [-0.15, -0.1) is 0 Å². The van der Waals surface area contributed by atoms with Crippen molar-refractivity contribution in [2.45, 2.75) is 95.7 Å². The van der Waals surface area contributed by atoms with E-state index in [1.54, 1.807) is 42.3 Å². The molecule has 2 N–H and O–H groups in total. The average Bonchev–Trinajstić information content (AvgIpc) is 3.56. The zero-order valence-corrected chi connectivity index (χ0v) is 24.5. The van der Waals surface area contributed by atoms with Crippen molar-refractivity contribution in [3.8, 4) is 0 Å². The van der Waals surface area contributed by atoms with Crippen LogP contribution in [-0.4, -0.2) is 48.0 Å². The second-order valence-electron chi connectivity index (χ2n) is 12.3. The Morgan fingerprint density at radius 2 is 1.79 bits per heavy atom. The number of fused-ring (bicyclic) bond motifs is 1. The van der Waals surface area contributed by atoms with E-state index in [1.165, 1.54) is 4.52 Å². The number of aromatic nitrogens is 5. The number of hydrogen-bond acceptors (Lipinski definition) is 5. The van der Waals surface area contributed by atoms with Gasteiger partial charge in [0.25, 0.3) is 5.91 Å². The molecule has 5 rings (SSSR count). The molecule has 2 amide bonds. The van der Waals surface area contributed by atoms with Crippen LogP contribution >= 0.6 is 0 Å². The van der Waals surface area contributed by atoms with Crippen molar-refractivity contribution in [3.05, 3.63) is 59.8 Å². The summed E-state index contributed by atoms with van der Waals surface area (Å²) in [4.78, 5) is 30.8. The van der Waals surface area contributed by atoms with Crippen LogP contribution in [0.15, 0.2) is 42.9 Å². The summed E-state index contributed by atoms with van der Waals surface area (Å²) in [5.41, 5.74) is 2.49. The van der Waals surface area contributed by atoms with Crippen molar-refractivity contribution >= 4 is 17.5 Å². The van der Waals surface area contributed by atoms with Gasteiger partial charge in [-0.3, -0.25) is 14.3 Å². The van der Waals surface area contributed by atoms with Gasteiger partial charge in [0.15, 0.2) is 5.65 Å². The molecule has 13 heteroatoms. The van der Waals surface area contributed by atoms with Crippen LogP contribution in [0.4, 0.5) is 17.6 Å². The lowest BCUT2D eigenvalue weighted by molar-refractivity contribution is -0.134. The summed E-state index contributed by atoms with van der Waals surface area (Å²) in [7, 11) is 0. The molecule has 3 aromatic rings. The number of rotatable bonds is 10. The topological polar surface area (TPSA) is 106 Å². The van der Waals surface area contributed by atoms with Gasteiger partial charge in [-0.2, -0.15) is 10.2 Å². The predicted octanol–water partition coefficient (Wildman–Crippen LogP) is 5.97. The third kappa shape index (κ3) is 6.91. The molecule has 2 fully saturated rings. The molecule has 3 aromatic heterocycles. The Hall–Kier alpha value is -3.77. The highest BCUT2D eigenvalue weighted by molar-refractivity contribution is 5.92. The van der Waals surface area contributed by atoms with Crippen LogP contribution in [-0.2, 0) is 4.79 Å². The van der Waals surface area contributed by atoms with Gasteiger partial charge in [0, 0.05) is 49.9 Å². The Labute approximate surface area is 247 Å². The predicted molar refractivity (Wildman–Crippen MR) is 151 cm³/mol. The van der Waals surface area contributed by atoms with E-state index in [0.29, 0.717) is 28.2 Å². The van der Waals surface area contributed by atoms with Crippen molar-refractivity contribution in [1.29, 1.82) is 0 Å². The monoisotopic (exact) mass is 603 g/mol. The van der Waals surface area contributed by atoms with Gasteiger partial charge in [-0.05, 0) is 57.6 Å². The molecular formula is C30H37F4N7O2. The number of nitrogens with one attached hydrogen (secondary N) is 2. The van der Waals surface area contributed by atoms with Gasteiger partial charge in [0.2, 0.25) is 17.8 Å². The third-order valence-corrected chi connectivity index (χ3v) is 8.37. The Balaban J connectivity index is 1.39. The van der Waals surface area contributed by atoms with Gasteiger partial charge in [-0.1, -0.05) is 12.2 Å². The van der Waals surface area contributed by atoms with Crippen LogP contribution in [0, 0.1) is 11.8 Å². The molecule has 2 atom stereocenters. The zero-order chi connectivity index (χ0) is 31.1. The normalized spacial score (nSPS) is 20.0. The lowest BCUT2D eigenvalue weighted by atomic mass is 9.79. The first-order valence-corrected chi connectivity index (χ1v) is 14.6. The van der Waals surface area contributed by atoms with E-state index in [4.69, 9.17) is 4.98 Å². The smallest absolute Gasteiger partial charge is 0.270 e. The molecule has 0 spiro atoms. The maximum Gasteiger partial charge on any atom is 0.270 e. The van der Waals surface area contributed by atoms with Crippen LogP contribution < -0.4 is 10.6 Å². The first-order chi connectivity index (χ1) is 20.2. The lowest BCUT2D eigenvalue weighted by Gasteiger charge is -2.34. The molecule has 0 bridgehead atoms. The van der Waals surface area contributed by atoms with E-state index < -0.39 is 23.9 Å². The highest BCUT2D eigenvalue weighted by Crippen LogP contribution is 2.44. The summed E-state index contributed by atoms with van der Waals surface area (Å²) in [6.07, 6.45) is 4.06. The minimum Gasteiger partial charge on any atom is -0.345 e. The molecule has 43 heavy (non-hydrogen) atoms. The van der Waals surface area contributed by atoms with Crippen molar-refractivity contribution in [2.75, 3.05) is 0 Å². The van der Waals surface area contributed by atoms with E-state index >= 15 is 0 Å². The molecule has 232 valence electrons. The summed E-state index contributed by atoms with van der Waals surface area (Å²) in [6, 6.07) is 2.02. The molecule has 0 unspecified atom stereocenters. The van der Waals surface area contributed by atoms with Gasteiger partial charge in [0.1, 0.15) is 5.69 Å². The van der Waals surface area contributed by atoms with E-state index in [9.17, 15) is 27.2 Å². The first kappa shape index (κ1) is 30.7. The van der Waals surface area contributed by atoms with Gasteiger partial charge < -0.3 is 10.6 Å². The van der Waals surface area contributed by atoms with Crippen LogP contribution in [0.25, 0.3) is 5.65 Å². The second kappa shape index (κ2) is 11.7. The molecule has 0 aliphatic heterocycles. The maximum absolute atomic E-state index is 14.0. The van der Waals surface area contributed by atoms with Crippen LogP contribution in [0.1, 0.15) is 106 Å². The van der Waals surface area contributed by atoms with Crippen LogP contribution in [0.2, 0.25) is 0 Å². The molecule has 2 aliphatic rings. The van der Waals surface area contributed by atoms with E-state index in [0.717, 1.165) is 0 Å². The number of nitrogens with zero attached hydrogens (tertiary/aromatic N) is 5. The quantitative estimate of drug-likeness (QED) is 0.219. The van der Waals surface area contributed by atoms with Crippen molar-refractivity contribution in [3.63, 3.8) is 0 Å². The van der Waals surface area contributed by atoms with Gasteiger partial charge in [-0.25, -0.2) is 27.1 Å².